The monoisotopic (exact) mass is 241 g/mol. The van der Waals surface area contributed by atoms with Crippen LogP contribution in [0, 0.1) is 6.92 Å². The topological polar surface area (TPSA) is 4.93 Å². The highest BCUT2D eigenvalue weighted by Crippen LogP contribution is 2.18. The summed E-state index contributed by atoms with van der Waals surface area (Å²) in [7, 11) is 0. The number of rotatable bonds is 3. The number of fused-ring (bicyclic) bond motifs is 1. The van der Waals surface area contributed by atoms with Crippen molar-refractivity contribution in [2.24, 2.45) is 0 Å². The minimum atomic E-state index is 1.06. The molecule has 0 saturated heterocycles. The van der Waals surface area contributed by atoms with Gasteiger partial charge in [0.05, 0.1) is 0 Å². The van der Waals surface area contributed by atoms with Gasteiger partial charge in [0.1, 0.15) is 0 Å². The molecule has 3 aromatic rings. The number of benzene rings is 1. The van der Waals surface area contributed by atoms with Crippen molar-refractivity contribution in [2.75, 3.05) is 0 Å². The Balaban J connectivity index is 1.86. The van der Waals surface area contributed by atoms with Crippen LogP contribution in [0.5, 0.6) is 0 Å². The highest BCUT2D eigenvalue weighted by atomic mass is 32.1. The van der Waals surface area contributed by atoms with Crippen LogP contribution in [0.15, 0.2) is 47.3 Å². The zero-order chi connectivity index (χ0) is 11.7. The van der Waals surface area contributed by atoms with Crippen molar-refractivity contribution in [3.63, 3.8) is 0 Å². The van der Waals surface area contributed by atoms with E-state index in [1.165, 1.54) is 22.0 Å². The molecule has 0 amide bonds. The van der Waals surface area contributed by atoms with Crippen molar-refractivity contribution >= 4 is 22.2 Å². The highest BCUT2D eigenvalue weighted by Gasteiger charge is 2.01. The molecule has 86 valence electrons. The maximum atomic E-state index is 2.34. The van der Waals surface area contributed by atoms with Gasteiger partial charge in [0, 0.05) is 18.3 Å². The van der Waals surface area contributed by atoms with Crippen molar-refractivity contribution in [1.29, 1.82) is 0 Å². The second-order valence-corrected chi connectivity index (χ2v) is 5.23. The molecule has 0 N–H and O–H groups in total. The highest BCUT2D eigenvalue weighted by molar-refractivity contribution is 7.07. The molecule has 0 fully saturated rings. The van der Waals surface area contributed by atoms with Gasteiger partial charge in [-0.15, -0.1) is 0 Å². The first-order chi connectivity index (χ1) is 8.33. The molecule has 2 heterocycles. The van der Waals surface area contributed by atoms with Gasteiger partial charge in [-0.1, -0.05) is 11.6 Å². The zero-order valence-corrected chi connectivity index (χ0v) is 10.7. The number of hydrogen-bond acceptors (Lipinski definition) is 1. The molecule has 0 aliphatic heterocycles. The van der Waals surface area contributed by atoms with E-state index < -0.39 is 0 Å². The lowest BCUT2D eigenvalue weighted by Crippen LogP contribution is -1.98. The van der Waals surface area contributed by atoms with Crippen molar-refractivity contribution < 1.29 is 0 Å². The maximum Gasteiger partial charge on any atom is 0.0480 e. The first-order valence-electron chi connectivity index (χ1n) is 5.89. The average Bonchev–Trinajstić information content (AvgIpc) is 2.94. The Morgan fingerprint density at radius 1 is 1.18 bits per heavy atom. The van der Waals surface area contributed by atoms with Gasteiger partial charge in [0.25, 0.3) is 0 Å². The molecular weight excluding hydrogens is 226 g/mol. The van der Waals surface area contributed by atoms with E-state index >= 15 is 0 Å². The molecule has 0 bridgehead atoms. The summed E-state index contributed by atoms with van der Waals surface area (Å²) in [6, 6.07) is 11.1. The lowest BCUT2D eigenvalue weighted by atomic mass is 10.2. The van der Waals surface area contributed by atoms with Gasteiger partial charge in [-0.2, -0.15) is 11.3 Å². The van der Waals surface area contributed by atoms with E-state index in [0.717, 1.165) is 13.0 Å². The number of thiophene rings is 1. The normalized spacial score (nSPS) is 11.1. The Morgan fingerprint density at radius 2 is 2.12 bits per heavy atom. The van der Waals surface area contributed by atoms with E-state index in [0.29, 0.717) is 0 Å². The summed E-state index contributed by atoms with van der Waals surface area (Å²) in [4.78, 5) is 0. The second kappa shape index (κ2) is 4.38. The van der Waals surface area contributed by atoms with Crippen LogP contribution in [-0.2, 0) is 13.0 Å². The minimum Gasteiger partial charge on any atom is -0.347 e. The Hall–Kier alpha value is -1.54. The Kier molecular flexibility index (Phi) is 2.73. The van der Waals surface area contributed by atoms with E-state index in [2.05, 4.69) is 58.8 Å². The third kappa shape index (κ3) is 2.13. The van der Waals surface area contributed by atoms with Crippen LogP contribution in [0.25, 0.3) is 10.9 Å². The maximum absolute atomic E-state index is 2.34. The van der Waals surface area contributed by atoms with Crippen LogP contribution in [0.2, 0.25) is 0 Å². The van der Waals surface area contributed by atoms with Crippen molar-refractivity contribution in [1.82, 2.24) is 4.57 Å². The summed E-state index contributed by atoms with van der Waals surface area (Å²) >= 11 is 1.77. The van der Waals surface area contributed by atoms with Gasteiger partial charge < -0.3 is 4.57 Å². The minimum absolute atomic E-state index is 1.06. The zero-order valence-electron chi connectivity index (χ0n) is 9.89. The Morgan fingerprint density at radius 3 is 2.94 bits per heavy atom. The molecule has 17 heavy (non-hydrogen) atoms. The molecule has 2 heteroatoms. The predicted molar refractivity (Wildman–Crippen MR) is 74.7 cm³/mol. The lowest BCUT2D eigenvalue weighted by Gasteiger charge is -2.04. The molecule has 0 atom stereocenters. The van der Waals surface area contributed by atoms with Crippen molar-refractivity contribution in [3.8, 4) is 0 Å². The van der Waals surface area contributed by atoms with Crippen LogP contribution in [-0.4, -0.2) is 4.57 Å². The van der Waals surface area contributed by atoms with Gasteiger partial charge in [-0.25, -0.2) is 0 Å². The molecule has 1 nitrogen and oxygen atoms in total. The first-order valence-corrected chi connectivity index (χ1v) is 6.84. The SMILES string of the molecule is Cc1ccc2c(ccn2CCc2ccsc2)c1. The average molecular weight is 241 g/mol. The van der Waals surface area contributed by atoms with E-state index in [1.807, 2.05) is 0 Å². The van der Waals surface area contributed by atoms with E-state index in [4.69, 9.17) is 0 Å². The van der Waals surface area contributed by atoms with E-state index in [9.17, 15) is 0 Å². The van der Waals surface area contributed by atoms with E-state index in [-0.39, 0.29) is 0 Å². The fourth-order valence-electron chi connectivity index (χ4n) is 2.20. The van der Waals surface area contributed by atoms with Crippen LogP contribution >= 0.6 is 11.3 Å². The van der Waals surface area contributed by atoms with Gasteiger partial charge in [-0.3, -0.25) is 0 Å². The summed E-state index contributed by atoms with van der Waals surface area (Å²) in [5, 5.41) is 5.72. The third-order valence-corrected chi connectivity index (χ3v) is 3.88. The van der Waals surface area contributed by atoms with Gasteiger partial charge >= 0.3 is 0 Å². The quantitative estimate of drug-likeness (QED) is 0.646. The fourth-order valence-corrected chi connectivity index (χ4v) is 2.90. The Labute approximate surface area is 105 Å². The number of hydrogen-bond donors (Lipinski definition) is 0. The fraction of sp³-hybridized carbons (Fsp3) is 0.200. The van der Waals surface area contributed by atoms with E-state index in [1.54, 1.807) is 11.3 Å². The number of aromatic nitrogens is 1. The van der Waals surface area contributed by atoms with Crippen LogP contribution in [0.3, 0.4) is 0 Å². The third-order valence-electron chi connectivity index (χ3n) is 3.15. The molecular formula is C15H15NS. The lowest BCUT2D eigenvalue weighted by molar-refractivity contribution is 0.724. The number of aryl methyl sites for hydroxylation is 3. The summed E-state index contributed by atoms with van der Waals surface area (Å²) in [6.07, 6.45) is 3.30. The molecule has 3 rings (SSSR count). The summed E-state index contributed by atoms with van der Waals surface area (Å²) in [6.45, 7) is 3.20. The smallest absolute Gasteiger partial charge is 0.0480 e. The number of nitrogens with zero attached hydrogens (tertiary/aromatic N) is 1. The van der Waals surface area contributed by atoms with Crippen LogP contribution < -0.4 is 0 Å². The molecule has 0 aliphatic rings. The second-order valence-electron chi connectivity index (χ2n) is 4.45. The van der Waals surface area contributed by atoms with Crippen LogP contribution in [0.4, 0.5) is 0 Å². The summed E-state index contributed by atoms with van der Waals surface area (Å²) < 4.78 is 2.34. The molecule has 0 spiro atoms. The predicted octanol–water partition coefficient (Wildman–Crippen LogP) is 4.25. The van der Waals surface area contributed by atoms with Crippen molar-refractivity contribution in [2.45, 2.75) is 19.9 Å². The standard InChI is InChI=1S/C15H15NS/c1-12-2-3-15-14(10-12)5-8-16(15)7-4-13-6-9-17-11-13/h2-3,5-6,8-11H,4,7H2,1H3. The Bertz CT molecular complexity index is 619. The molecule has 0 radical (unpaired) electrons. The van der Waals surface area contributed by atoms with Gasteiger partial charge in [0.2, 0.25) is 0 Å². The molecule has 0 saturated carbocycles. The largest absolute Gasteiger partial charge is 0.347 e. The molecule has 2 aromatic heterocycles. The molecule has 0 aliphatic carbocycles. The molecule has 0 unspecified atom stereocenters. The summed E-state index contributed by atoms with van der Waals surface area (Å²) in [5.41, 5.74) is 4.10. The first kappa shape index (κ1) is 10.6. The van der Waals surface area contributed by atoms with Crippen molar-refractivity contribution in [3.05, 3.63) is 58.4 Å². The summed E-state index contributed by atoms with van der Waals surface area (Å²) in [5.74, 6) is 0. The van der Waals surface area contributed by atoms with Gasteiger partial charge in [0.15, 0.2) is 0 Å². The van der Waals surface area contributed by atoms with Gasteiger partial charge in [-0.05, 0) is 59.3 Å². The molecule has 1 aromatic carbocycles. The van der Waals surface area contributed by atoms with Crippen LogP contribution in [0.1, 0.15) is 11.1 Å².